The zero-order chi connectivity index (χ0) is 15.5. The lowest BCUT2D eigenvalue weighted by molar-refractivity contribution is -0.124. The molecular formula is C17H29N3O. The molecule has 0 aliphatic carbocycles. The number of hydrogen-bond donors (Lipinski definition) is 2. The Hall–Kier alpha value is -1.05. The highest BCUT2D eigenvalue weighted by atomic mass is 16.2. The van der Waals surface area contributed by atoms with E-state index >= 15 is 0 Å². The molecule has 2 N–H and O–H groups in total. The van der Waals surface area contributed by atoms with Gasteiger partial charge >= 0.3 is 0 Å². The number of carbonyl (C=O) groups excluding carboxylic acids is 1. The summed E-state index contributed by atoms with van der Waals surface area (Å²) in [5.41, 5.74) is -0.481. The molecule has 2 atom stereocenters. The molecule has 2 aliphatic rings. The SMILES string of the molecule is C#CC(CC)(CC)NC(=O)CN(C)C1CC2CCC(C1)N2. The maximum absolute atomic E-state index is 12.3. The third-order valence-electron chi connectivity index (χ3n) is 5.33. The summed E-state index contributed by atoms with van der Waals surface area (Å²) >= 11 is 0. The van der Waals surface area contributed by atoms with Crippen LogP contribution in [-0.4, -0.2) is 48.1 Å². The fraction of sp³-hybridized carbons (Fsp3) is 0.824. The van der Waals surface area contributed by atoms with Crippen molar-refractivity contribution in [3.8, 4) is 12.3 Å². The minimum atomic E-state index is -0.481. The van der Waals surface area contributed by atoms with Crippen LogP contribution < -0.4 is 10.6 Å². The van der Waals surface area contributed by atoms with Crippen LogP contribution in [-0.2, 0) is 4.79 Å². The molecule has 0 saturated carbocycles. The summed E-state index contributed by atoms with van der Waals surface area (Å²) in [5, 5.41) is 6.70. The van der Waals surface area contributed by atoms with Gasteiger partial charge in [0.25, 0.3) is 0 Å². The molecule has 118 valence electrons. The van der Waals surface area contributed by atoms with Gasteiger partial charge < -0.3 is 10.6 Å². The Bertz CT molecular complexity index is 399. The molecule has 0 spiro atoms. The number of hydrogen-bond acceptors (Lipinski definition) is 3. The zero-order valence-electron chi connectivity index (χ0n) is 13.6. The second-order valence-electron chi connectivity index (χ2n) is 6.66. The van der Waals surface area contributed by atoms with Gasteiger partial charge in [-0.05, 0) is 45.6 Å². The highest BCUT2D eigenvalue weighted by Crippen LogP contribution is 2.29. The summed E-state index contributed by atoms with van der Waals surface area (Å²) < 4.78 is 0. The number of nitrogens with zero attached hydrogens (tertiary/aromatic N) is 1. The topological polar surface area (TPSA) is 44.4 Å². The lowest BCUT2D eigenvalue weighted by Crippen LogP contribution is -2.53. The van der Waals surface area contributed by atoms with Gasteiger partial charge in [-0.15, -0.1) is 6.42 Å². The summed E-state index contributed by atoms with van der Waals surface area (Å²) in [6.45, 7) is 4.49. The first kappa shape index (κ1) is 16.3. The molecule has 2 bridgehead atoms. The molecular weight excluding hydrogens is 262 g/mol. The number of likely N-dealkylation sites (N-methyl/N-ethyl adjacent to an activating group) is 1. The molecule has 21 heavy (non-hydrogen) atoms. The minimum Gasteiger partial charge on any atom is -0.339 e. The van der Waals surface area contributed by atoms with Crippen LogP contribution in [0.4, 0.5) is 0 Å². The van der Waals surface area contributed by atoms with Gasteiger partial charge in [-0.25, -0.2) is 0 Å². The molecule has 0 radical (unpaired) electrons. The lowest BCUT2D eigenvalue weighted by Gasteiger charge is -2.36. The fourth-order valence-corrected chi connectivity index (χ4v) is 3.72. The second kappa shape index (κ2) is 6.81. The van der Waals surface area contributed by atoms with Crippen molar-refractivity contribution in [2.45, 2.75) is 76.0 Å². The van der Waals surface area contributed by atoms with Crippen LogP contribution in [0.15, 0.2) is 0 Å². The number of amides is 1. The van der Waals surface area contributed by atoms with Gasteiger partial charge in [0.2, 0.25) is 5.91 Å². The number of fused-ring (bicyclic) bond motifs is 2. The van der Waals surface area contributed by atoms with Crippen molar-refractivity contribution in [2.75, 3.05) is 13.6 Å². The maximum atomic E-state index is 12.3. The highest BCUT2D eigenvalue weighted by molar-refractivity contribution is 5.79. The van der Waals surface area contributed by atoms with Crippen LogP contribution in [0.25, 0.3) is 0 Å². The van der Waals surface area contributed by atoms with E-state index in [-0.39, 0.29) is 5.91 Å². The largest absolute Gasteiger partial charge is 0.339 e. The van der Waals surface area contributed by atoms with Crippen molar-refractivity contribution in [3.63, 3.8) is 0 Å². The van der Waals surface area contributed by atoms with Crippen LogP contribution in [0.2, 0.25) is 0 Å². The quantitative estimate of drug-likeness (QED) is 0.729. The van der Waals surface area contributed by atoms with E-state index in [1.165, 1.54) is 12.8 Å². The smallest absolute Gasteiger partial charge is 0.235 e. The normalized spacial score (nSPS) is 28.4. The van der Waals surface area contributed by atoms with E-state index in [1.807, 2.05) is 13.8 Å². The predicted octanol–water partition coefficient (Wildman–Crippen LogP) is 1.51. The third kappa shape index (κ3) is 3.78. The molecule has 2 aliphatic heterocycles. The molecule has 0 aromatic rings. The average Bonchev–Trinajstić information content (AvgIpc) is 2.83. The van der Waals surface area contributed by atoms with E-state index in [4.69, 9.17) is 6.42 Å². The van der Waals surface area contributed by atoms with E-state index in [0.29, 0.717) is 24.7 Å². The Morgan fingerprint density at radius 3 is 2.38 bits per heavy atom. The molecule has 2 fully saturated rings. The first-order valence-corrected chi connectivity index (χ1v) is 8.27. The van der Waals surface area contributed by atoms with Crippen molar-refractivity contribution >= 4 is 5.91 Å². The third-order valence-corrected chi connectivity index (χ3v) is 5.33. The van der Waals surface area contributed by atoms with Crippen molar-refractivity contribution in [1.29, 1.82) is 0 Å². The molecule has 2 saturated heterocycles. The van der Waals surface area contributed by atoms with Crippen molar-refractivity contribution < 1.29 is 4.79 Å². The van der Waals surface area contributed by atoms with Gasteiger partial charge in [0.1, 0.15) is 5.54 Å². The van der Waals surface area contributed by atoms with Gasteiger partial charge in [0.05, 0.1) is 6.54 Å². The average molecular weight is 291 g/mol. The van der Waals surface area contributed by atoms with Gasteiger partial charge in [-0.2, -0.15) is 0 Å². The molecule has 4 nitrogen and oxygen atoms in total. The Balaban J connectivity index is 1.86. The first-order chi connectivity index (χ1) is 10.0. The second-order valence-corrected chi connectivity index (χ2v) is 6.66. The van der Waals surface area contributed by atoms with Gasteiger partial charge in [0.15, 0.2) is 0 Å². The molecule has 2 rings (SSSR count). The van der Waals surface area contributed by atoms with Crippen LogP contribution in [0.5, 0.6) is 0 Å². The summed E-state index contributed by atoms with van der Waals surface area (Å²) in [4.78, 5) is 14.5. The molecule has 0 aromatic carbocycles. The maximum Gasteiger partial charge on any atom is 0.235 e. The van der Waals surface area contributed by atoms with Crippen LogP contribution in [0.1, 0.15) is 52.4 Å². The lowest BCUT2D eigenvalue weighted by atomic mass is 9.94. The molecule has 0 aromatic heterocycles. The Kier molecular flexibility index (Phi) is 5.29. The fourth-order valence-electron chi connectivity index (χ4n) is 3.72. The molecule has 4 heteroatoms. The monoisotopic (exact) mass is 291 g/mol. The van der Waals surface area contributed by atoms with Crippen LogP contribution in [0.3, 0.4) is 0 Å². The predicted molar refractivity (Wildman–Crippen MR) is 85.9 cm³/mol. The number of terminal acetylenes is 1. The van der Waals surface area contributed by atoms with Crippen molar-refractivity contribution in [2.24, 2.45) is 0 Å². The zero-order valence-corrected chi connectivity index (χ0v) is 13.6. The van der Waals surface area contributed by atoms with E-state index < -0.39 is 5.54 Å². The van der Waals surface area contributed by atoms with E-state index in [1.54, 1.807) is 0 Å². The molecule has 2 unspecified atom stereocenters. The van der Waals surface area contributed by atoms with Gasteiger partial charge in [0, 0.05) is 18.1 Å². The number of nitrogens with one attached hydrogen (secondary N) is 2. The molecule has 2 heterocycles. The van der Waals surface area contributed by atoms with Crippen molar-refractivity contribution in [1.82, 2.24) is 15.5 Å². The van der Waals surface area contributed by atoms with E-state index in [9.17, 15) is 4.79 Å². The number of rotatable bonds is 6. The summed E-state index contributed by atoms with van der Waals surface area (Å²) in [5.74, 6) is 2.81. The minimum absolute atomic E-state index is 0.0463. The summed E-state index contributed by atoms with van der Waals surface area (Å²) in [6, 6.07) is 1.81. The Labute approximate surface area is 129 Å². The van der Waals surface area contributed by atoms with Gasteiger partial charge in [-0.1, -0.05) is 19.8 Å². The van der Waals surface area contributed by atoms with Gasteiger partial charge in [-0.3, -0.25) is 9.69 Å². The first-order valence-electron chi connectivity index (χ1n) is 8.27. The van der Waals surface area contributed by atoms with E-state index in [0.717, 1.165) is 25.7 Å². The highest BCUT2D eigenvalue weighted by Gasteiger charge is 2.35. The van der Waals surface area contributed by atoms with Crippen LogP contribution in [0, 0.1) is 12.3 Å². The van der Waals surface area contributed by atoms with Crippen molar-refractivity contribution in [3.05, 3.63) is 0 Å². The Morgan fingerprint density at radius 1 is 1.33 bits per heavy atom. The summed E-state index contributed by atoms with van der Waals surface area (Å²) in [6.07, 6.45) is 12.0. The number of carbonyl (C=O) groups is 1. The number of piperidine rings is 1. The summed E-state index contributed by atoms with van der Waals surface area (Å²) in [7, 11) is 2.06. The van der Waals surface area contributed by atoms with Crippen LogP contribution >= 0.6 is 0 Å². The standard InChI is InChI=1S/C17H29N3O/c1-5-17(6-2,7-3)19-16(21)12-20(4)15-10-13-8-9-14(11-15)18-13/h1,13-15,18H,6-12H2,2-4H3,(H,19,21). The van der Waals surface area contributed by atoms with E-state index in [2.05, 4.69) is 28.5 Å². The molecule has 1 amide bonds. The Morgan fingerprint density at radius 2 is 1.90 bits per heavy atom.